The van der Waals surface area contributed by atoms with Crippen LogP contribution in [-0.4, -0.2) is 50.7 Å². The molecule has 1 aromatic heterocycles. The number of likely N-dealkylation sites (tertiary alicyclic amines) is 1. The van der Waals surface area contributed by atoms with Crippen LogP contribution in [0.25, 0.3) is 5.69 Å². The molecule has 2 aliphatic heterocycles. The second-order valence-electron chi connectivity index (χ2n) is 7.14. The fourth-order valence-corrected chi connectivity index (χ4v) is 4.12. The highest BCUT2D eigenvalue weighted by Gasteiger charge is 2.33. The van der Waals surface area contributed by atoms with Gasteiger partial charge in [-0.15, -0.1) is 17.5 Å². The van der Waals surface area contributed by atoms with Crippen LogP contribution in [0.1, 0.15) is 49.1 Å². The Labute approximate surface area is 170 Å². The number of aryl methyl sites for hydroxylation is 1. The number of hydrogen-bond donors (Lipinski definition) is 1. The topological polar surface area (TPSA) is 63.1 Å². The summed E-state index contributed by atoms with van der Waals surface area (Å²) in [7, 11) is 0. The smallest absolute Gasteiger partial charge is 0.293 e. The first-order valence-electron chi connectivity index (χ1n) is 9.42. The molecule has 1 aromatic carbocycles. The van der Waals surface area contributed by atoms with Crippen LogP contribution in [0.2, 0.25) is 5.02 Å². The molecule has 8 heteroatoms. The molecule has 3 heterocycles. The van der Waals surface area contributed by atoms with Gasteiger partial charge < -0.3 is 10.2 Å². The van der Waals surface area contributed by atoms with Crippen molar-refractivity contribution in [1.82, 2.24) is 25.0 Å². The van der Waals surface area contributed by atoms with Crippen molar-refractivity contribution in [2.45, 2.75) is 51.1 Å². The minimum absolute atomic E-state index is 0. The minimum Gasteiger partial charge on any atom is -0.334 e. The lowest BCUT2D eigenvalue weighted by Crippen LogP contribution is -2.39. The number of carbonyl (C=O) groups excluding carboxylic acids is 1. The Balaban J connectivity index is 0.00000210. The number of para-hydroxylation sites is 1. The van der Waals surface area contributed by atoms with E-state index in [9.17, 15) is 4.79 Å². The summed E-state index contributed by atoms with van der Waals surface area (Å²) in [5.41, 5.74) is 0.765. The van der Waals surface area contributed by atoms with Gasteiger partial charge in [-0.2, -0.15) is 0 Å². The second-order valence-corrected chi connectivity index (χ2v) is 7.55. The summed E-state index contributed by atoms with van der Waals surface area (Å²) in [4.78, 5) is 19.5. The van der Waals surface area contributed by atoms with Gasteiger partial charge in [0.25, 0.3) is 5.91 Å². The van der Waals surface area contributed by atoms with E-state index in [1.165, 1.54) is 6.42 Å². The molecule has 1 amide bonds. The minimum atomic E-state index is -0.0810. The Bertz CT molecular complexity index is 809. The van der Waals surface area contributed by atoms with E-state index in [2.05, 4.69) is 22.3 Å². The molecule has 2 aliphatic rings. The van der Waals surface area contributed by atoms with Gasteiger partial charge in [0, 0.05) is 31.6 Å². The lowest BCUT2D eigenvalue weighted by Gasteiger charge is -2.22. The van der Waals surface area contributed by atoms with E-state index >= 15 is 0 Å². The van der Waals surface area contributed by atoms with Gasteiger partial charge in [-0.3, -0.25) is 4.79 Å². The first kappa shape index (κ1) is 20.1. The largest absolute Gasteiger partial charge is 0.334 e. The predicted octanol–water partition coefficient (Wildman–Crippen LogP) is 3.26. The lowest BCUT2D eigenvalue weighted by atomic mass is 10.1. The van der Waals surface area contributed by atoms with Crippen molar-refractivity contribution in [3.8, 4) is 5.69 Å². The molecule has 146 valence electrons. The van der Waals surface area contributed by atoms with Crippen molar-refractivity contribution in [2.24, 2.45) is 0 Å². The molecular weight excluding hydrogens is 385 g/mol. The number of hydrogen-bond acceptors (Lipinski definition) is 4. The van der Waals surface area contributed by atoms with Crippen LogP contribution in [0.4, 0.5) is 0 Å². The standard InChI is InChI=1S/C19H24ClN5O.ClH/c1-2-5-17-22-18(23-25(17)16-7-4-3-6-15(16)20)19(26)24-11-10-13-8-9-14(12-24)21-13;/h3-4,6-7,13-14,21H,2,5,8-12H2,1H3;1H. The molecular formula is C19H25Cl2N5O. The van der Waals surface area contributed by atoms with E-state index in [0.29, 0.717) is 17.1 Å². The van der Waals surface area contributed by atoms with Crippen LogP contribution in [-0.2, 0) is 6.42 Å². The predicted molar refractivity (Wildman–Crippen MR) is 108 cm³/mol. The summed E-state index contributed by atoms with van der Waals surface area (Å²) in [6.45, 7) is 3.58. The number of amides is 1. The second kappa shape index (κ2) is 8.59. The molecule has 2 unspecified atom stereocenters. The van der Waals surface area contributed by atoms with E-state index in [1.54, 1.807) is 4.68 Å². The molecule has 2 atom stereocenters. The highest BCUT2D eigenvalue weighted by atomic mass is 35.5. The van der Waals surface area contributed by atoms with Crippen LogP contribution in [0.5, 0.6) is 0 Å². The number of nitrogens with zero attached hydrogens (tertiary/aromatic N) is 4. The van der Waals surface area contributed by atoms with Crippen LogP contribution in [0.15, 0.2) is 24.3 Å². The zero-order valence-electron chi connectivity index (χ0n) is 15.4. The van der Waals surface area contributed by atoms with E-state index in [0.717, 1.165) is 50.3 Å². The maximum absolute atomic E-state index is 13.0. The Morgan fingerprint density at radius 2 is 2.04 bits per heavy atom. The van der Waals surface area contributed by atoms with Crippen molar-refractivity contribution < 1.29 is 4.79 Å². The summed E-state index contributed by atoms with van der Waals surface area (Å²) in [5.74, 6) is 0.965. The van der Waals surface area contributed by atoms with Crippen LogP contribution in [0, 0.1) is 0 Å². The average Bonchev–Trinajstić information content (AvgIpc) is 3.18. The molecule has 0 saturated carbocycles. The van der Waals surface area contributed by atoms with Gasteiger partial charge in [-0.05, 0) is 37.8 Å². The number of halogens is 2. The maximum atomic E-state index is 13.0. The summed E-state index contributed by atoms with van der Waals surface area (Å²) in [5, 5.41) is 8.74. The molecule has 2 bridgehead atoms. The zero-order valence-corrected chi connectivity index (χ0v) is 17.0. The van der Waals surface area contributed by atoms with Crippen LogP contribution in [0.3, 0.4) is 0 Å². The summed E-state index contributed by atoms with van der Waals surface area (Å²) < 4.78 is 1.72. The zero-order chi connectivity index (χ0) is 18.1. The molecule has 2 fully saturated rings. The number of aromatic nitrogens is 3. The highest BCUT2D eigenvalue weighted by molar-refractivity contribution is 6.32. The number of fused-ring (bicyclic) bond motifs is 2. The molecule has 1 N–H and O–H groups in total. The fourth-order valence-electron chi connectivity index (χ4n) is 3.91. The molecule has 0 spiro atoms. The van der Waals surface area contributed by atoms with Crippen molar-refractivity contribution in [2.75, 3.05) is 13.1 Å². The van der Waals surface area contributed by atoms with Gasteiger partial charge in [0.15, 0.2) is 0 Å². The van der Waals surface area contributed by atoms with Gasteiger partial charge >= 0.3 is 0 Å². The lowest BCUT2D eigenvalue weighted by molar-refractivity contribution is 0.0736. The van der Waals surface area contributed by atoms with Crippen molar-refractivity contribution >= 4 is 29.9 Å². The van der Waals surface area contributed by atoms with Crippen LogP contribution >= 0.6 is 24.0 Å². The highest BCUT2D eigenvalue weighted by Crippen LogP contribution is 2.23. The van der Waals surface area contributed by atoms with Gasteiger partial charge in [-0.1, -0.05) is 30.7 Å². The Morgan fingerprint density at radius 1 is 1.26 bits per heavy atom. The van der Waals surface area contributed by atoms with Gasteiger partial charge in [-0.25, -0.2) is 9.67 Å². The fraction of sp³-hybridized carbons (Fsp3) is 0.526. The summed E-state index contributed by atoms with van der Waals surface area (Å²) in [6, 6.07) is 8.46. The third-order valence-electron chi connectivity index (χ3n) is 5.23. The quantitative estimate of drug-likeness (QED) is 0.841. The molecule has 2 aromatic rings. The molecule has 27 heavy (non-hydrogen) atoms. The van der Waals surface area contributed by atoms with Crippen molar-refractivity contribution in [1.29, 1.82) is 0 Å². The van der Waals surface area contributed by atoms with Gasteiger partial charge in [0.2, 0.25) is 5.82 Å². The van der Waals surface area contributed by atoms with Crippen molar-refractivity contribution in [3.05, 3.63) is 40.9 Å². The van der Waals surface area contributed by atoms with E-state index in [1.807, 2.05) is 29.2 Å². The molecule has 2 saturated heterocycles. The number of carbonyl (C=O) groups is 1. The number of rotatable bonds is 4. The van der Waals surface area contributed by atoms with Crippen molar-refractivity contribution in [3.63, 3.8) is 0 Å². The normalized spacial score (nSPS) is 21.6. The van der Waals surface area contributed by atoms with E-state index < -0.39 is 0 Å². The van der Waals surface area contributed by atoms with Gasteiger partial charge in [0.1, 0.15) is 5.82 Å². The first-order chi connectivity index (χ1) is 12.7. The maximum Gasteiger partial charge on any atom is 0.293 e. The average molecular weight is 410 g/mol. The number of benzene rings is 1. The third kappa shape index (κ3) is 4.13. The Hall–Kier alpha value is -1.63. The SMILES string of the molecule is CCCc1nc(C(=O)N2CCC3CCC(C2)N3)nn1-c1ccccc1Cl.Cl. The Morgan fingerprint density at radius 3 is 2.81 bits per heavy atom. The molecule has 6 nitrogen and oxygen atoms in total. The van der Waals surface area contributed by atoms with Crippen LogP contribution < -0.4 is 5.32 Å². The van der Waals surface area contributed by atoms with E-state index in [4.69, 9.17) is 11.6 Å². The first-order valence-corrected chi connectivity index (χ1v) is 9.79. The summed E-state index contributed by atoms with van der Waals surface area (Å²) in [6.07, 6.45) is 5.02. The monoisotopic (exact) mass is 409 g/mol. The Kier molecular flexibility index (Phi) is 6.40. The third-order valence-corrected chi connectivity index (χ3v) is 5.55. The molecule has 4 rings (SSSR count). The van der Waals surface area contributed by atoms with E-state index in [-0.39, 0.29) is 24.1 Å². The van der Waals surface area contributed by atoms with Gasteiger partial charge in [0.05, 0.1) is 10.7 Å². The molecule has 0 aliphatic carbocycles. The molecule has 0 radical (unpaired) electrons. The number of nitrogens with one attached hydrogen (secondary N) is 1. The summed E-state index contributed by atoms with van der Waals surface area (Å²) >= 11 is 6.34.